The van der Waals surface area contributed by atoms with E-state index in [2.05, 4.69) is 13.0 Å². The van der Waals surface area contributed by atoms with Crippen molar-refractivity contribution in [3.63, 3.8) is 0 Å². The van der Waals surface area contributed by atoms with Crippen molar-refractivity contribution in [3.8, 4) is 5.75 Å². The summed E-state index contributed by atoms with van der Waals surface area (Å²) in [7, 11) is 0. The second-order valence-corrected chi connectivity index (χ2v) is 3.03. The second-order valence-electron chi connectivity index (χ2n) is 3.03. The maximum absolute atomic E-state index is 8.62. The molecule has 0 aliphatic carbocycles. The number of hydrogen-bond acceptors (Lipinski definition) is 2. The molecule has 13 heavy (non-hydrogen) atoms. The fourth-order valence-corrected chi connectivity index (χ4v) is 1.18. The highest BCUT2D eigenvalue weighted by molar-refractivity contribution is 5.36. The van der Waals surface area contributed by atoms with Gasteiger partial charge in [-0.15, -0.1) is 0 Å². The lowest BCUT2D eigenvalue weighted by Gasteiger charge is -2.08. The zero-order valence-corrected chi connectivity index (χ0v) is 8.21. The fourth-order valence-electron chi connectivity index (χ4n) is 1.18. The first-order chi connectivity index (χ1) is 6.27. The molecule has 72 valence electrons. The van der Waals surface area contributed by atoms with E-state index >= 15 is 0 Å². The predicted octanol–water partition coefficient (Wildman–Crippen LogP) is 1.93. The zero-order valence-electron chi connectivity index (χ0n) is 8.21. The van der Waals surface area contributed by atoms with Gasteiger partial charge in [-0.2, -0.15) is 0 Å². The number of aliphatic hydroxyl groups is 1. The Morgan fingerprint density at radius 3 is 2.77 bits per heavy atom. The molecule has 0 aliphatic rings. The summed E-state index contributed by atoms with van der Waals surface area (Å²) < 4.78 is 5.38. The monoisotopic (exact) mass is 180 g/mol. The summed E-state index contributed by atoms with van der Waals surface area (Å²) in [5.41, 5.74) is 2.38. The van der Waals surface area contributed by atoms with E-state index in [9.17, 15) is 0 Å². The first-order valence-electron chi connectivity index (χ1n) is 4.61. The summed E-state index contributed by atoms with van der Waals surface area (Å²) >= 11 is 0. The molecular weight excluding hydrogens is 164 g/mol. The summed E-state index contributed by atoms with van der Waals surface area (Å²) in [5, 5.41) is 8.62. The van der Waals surface area contributed by atoms with Crippen molar-refractivity contribution in [2.75, 3.05) is 13.2 Å². The number of benzene rings is 1. The Bertz CT molecular complexity index is 269. The molecule has 0 atom stereocenters. The molecule has 1 rings (SSSR count). The third-order valence-electron chi connectivity index (χ3n) is 2.01. The molecule has 2 nitrogen and oxygen atoms in total. The minimum absolute atomic E-state index is 0.0653. The van der Waals surface area contributed by atoms with Crippen LogP contribution in [0.5, 0.6) is 5.75 Å². The normalized spacial score (nSPS) is 10.1. The van der Waals surface area contributed by atoms with Crippen LogP contribution in [0, 0.1) is 6.92 Å². The molecular formula is C11H16O2. The number of aliphatic hydroxyl groups excluding tert-OH is 1. The van der Waals surface area contributed by atoms with Crippen LogP contribution in [0.1, 0.15) is 18.1 Å². The number of aryl methyl sites for hydroxylation is 2. The highest BCUT2D eigenvalue weighted by atomic mass is 16.5. The van der Waals surface area contributed by atoms with E-state index in [4.69, 9.17) is 9.84 Å². The Hall–Kier alpha value is -1.02. The van der Waals surface area contributed by atoms with Gasteiger partial charge in [-0.3, -0.25) is 0 Å². The molecule has 0 radical (unpaired) electrons. The standard InChI is InChI=1S/C11H16O2/c1-3-10-5-4-9(2)11(8-10)13-7-6-12/h4-5,8,12H,3,6-7H2,1-2H3. The van der Waals surface area contributed by atoms with Crippen LogP contribution in [-0.2, 0) is 6.42 Å². The highest BCUT2D eigenvalue weighted by Gasteiger charge is 1.99. The van der Waals surface area contributed by atoms with Crippen LogP contribution in [0.2, 0.25) is 0 Å². The van der Waals surface area contributed by atoms with Gasteiger partial charge >= 0.3 is 0 Å². The first-order valence-corrected chi connectivity index (χ1v) is 4.61. The summed E-state index contributed by atoms with van der Waals surface area (Å²) in [6.07, 6.45) is 1.01. The molecule has 0 amide bonds. The smallest absolute Gasteiger partial charge is 0.122 e. The fraction of sp³-hybridized carbons (Fsp3) is 0.455. The van der Waals surface area contributed by atoms with Gasteiger partial charge in [0.15, 0.2) is 0 Å². The van der Waals surface area contributed by atoms with Crippen LogP contribution in [0.3, 0.4) is 0 Å². The third kappa shape index (κ3) is 2.74. The third-order valence-corrected chi connectivity index (χ3v) is 2.01. The summed E-state index contributed by atoms with van der Waals surface area (Å²) in [6.45, 7) is 4.55. The topological polar surface area (TPSA) is 29.5 Å². The van der Waals surface area contributed by atoms with E-state index < -0.39 is 0 Å². The van der Waals surface area contributed by atoms with Gasteiger partial charge in [-0.05, 0) is 30.5 Å². The summed E-state index contributed by atoms with van der Waals surface area (Å²) in [5.74, 6) is 0.883. The molecule has 0 aromatic heterocycles. The number of ether oxygens (including phenoxy) is 1. The lowest BCUT2D eigenvalue weighted by molar-refractivity contribution is 0.200. The lowest BCUT2D eigenvalue weighted by Crippen LogP contribution is -2.03. The van der Waals surface area contributed by atoms with Crippen molar-refractivity contribution in [1.82, 2.24) is 0 Å². The van der Waals surface area contributed by atoms with Crippen LogP contribution in [0.25, 0.3) is 0 Å². The molecule has 0 bridgehead atoms. The van der Waals surface area contributed by atoms with Crippen LogP contribution in [0.4, 0.5) is 0 Å². The van der Waals surface area contributed by atoms with Gasteiger partial charge in [0, 0.05) is 0 Å². The molecule has 1 aromatic carbocycles. The molecule has 0 spiro atoms. The molecule has 0 unspecified atom stereocenters. The van der Waals surface area contributed by atoms with Crippen molar-refractivity contribution < 1.29 is 9.84 Å². The Morgan fingerprint density at radius 1 is 1.38 bits per heavy atom. The Morgan fingerprint density at radius 2 is 2.15 bits per heavy atom. The SMILES string of the molecule is CCc1ccc(C)c(OCCO)c1. The molecule has 0 fully saturated rings. The van der Waals surface area contributed by atoms with E-state index in [-0.39, 0.29) is 6.61 Å². The van der Waals surface area contributed by atoms with Gasteiger partial charge in [-0.25, -0.2) is 0 Å². The Labute approximate surface area is 79.2 Å². The number of rotatable bonds is 4. The van der Waals surface area contributed by atoms with E-state index in [1.165, 1.54) is 5.56 Å². The van der Waals surface area contributed by atoms with Crippen LogP contribution in [-0.4, -0.2) is 18.3 Å². The lowest BCUT2D eigenvalue weighted by atomic mass is 10.1. The molecule has 0 saturated heterocycles. The minimum atomic E-state index is 0.0653. The van der Waals surface area contributed by atoms with Gasteiger partial charge in [0.2, 0.25) is 0 Å². The van der Waals surface area contributed by atoms with Gasteiger partial charge in [-0.1, -0.05) is 19.1 Å². The van der Waals surface area contributed by atoms with Gasteiger partial charge in [0.05, 0.1) is 6.61 Å². The Kier molecular flexibility index (Phi) is 3.77. The molecule has 2 heteroatoms. The minimum Gasteiger partial charge on any atom is -0.491 e. The Balaban J connectivity index is 2.78. The highest BCUT2D eigenvalue weighted by Crippen LogP contribution is 2.19. The second kappa shape index (κ2) is 4.87. The maximum Gasteiger partial charge on any atom is 0.122 e. The van der Waals surface area contributed by atoms with E-state index in [0.717, 1.165) is 17.7 Å². The van der Waals surface area contributed by atoms with Crippen molar-refractivity contribution in [2.45, 2.75) is 20.3 Å². The molecule has 1 N–H and O–H groups in total. The van der Waals surface area contributed by atoms with Crippen LogP contribution in [0.15, 0.2) is 18.2 Å². The predicted molar refractivity (Wildman–Crippen MR) is 53.1 cm³/mol. The van der Waals surface area contributed by atoms with Gasteiger partial charge in [0.1, 0.15) is 12.4 Å². The summed E-state index contributed by atoms with van der Waals surface area (Å²) in [4.78, 5) is 0. The van der Waals surface area contributed by atoms with Crippen molar-refractivity contribution in [1.29, 1.82) is 0 Å². The first kappa shape index (κ1) is 10.1. The largest absolute Gasteiger partial charge is 0.491 e. The zero-order chi connectivity index (χ0) is 9.68. The number of hydrogen-bond donors (Lipinski definition) is 1. The molecule has 0 aliphatic heterocycles. The van der Waals surface area contributed by atoms with Crippen LogP contribution < -0.4 is 4.74 Å². The van der Waals surface area contributed by atoms with Crippen molar-refractivity contribution in [3.05, 3.63) is 29.3 Å². The quantitative estimate of drug-likeness (QED) is 0.767. The molecule has 1 aromatic rings. The summed E-state index contributed by atoms with van der Waals surface area (Å²) in [6, 6.07) is 6.18. The van der Waals surface area contributed by atoms with Crippen molar-refractivity contribution in [2.24, 2.45) is 0 Å². The van der Waals surface area contributed by atoms with E-state index in [1.807, 2.05) is 19.1 Å². The van der Waals surface area contributed by atoms with E-state index in [0.29, 0.717) is 6.61 Å². The van der Waals surface area contributed by atoms with Gasteiger partial charge in [0.25, 0.3) is 0 Å². The average Bonchev–Trinajstić information content (AvgIpc) is 2.17. The van der Waals surface area contributed by atoms with Crippen LogP contribution >= 0.6 is 0 Å². The van der Waals surface area contributed by atoms with Gasteiger partial charge < -0.3 is 9.84 Å². The average molecular weight is 180 g/mol. The molecule has 0 saturated carbocycles. The maximum atomic E-state index is 8.62. The van der Waals surface area contributed by atoms with Crippen molar-refractivity contribution >= 4 is 0 Å². The van der Waals surface area contributed by atoms with E-state index in [1.54, 1.807) is 0 Å². The molecule has 0 heterocycles.